The lowest BCUT2D eigenvalue weighted by Crippen LogP contribution is -2.18. The van der Waals surface area contributed by atoms with Crippen LogP contribution in [0.4, 0.5) is 14.5 Å². The first-order valence-corrected chi connectivity index (χ1v) is 6.94. The molecule has 2 nitrogen and oxygen atoms in total. The second-order valence-corrected chi connectivity index (χ2v) is 5.35. The molecule has 0 aliphatic carbocycles. The van der Waals surface area contributed by atoms with Crippen LogP contribution < -0.4 is 10.6 Å². The van der Waals surface area contributed by atoms with E-state index in [9.17, 15) is 8.78 Å². The molecule has 0 heterocycles. The van der Waals surface area contributed by atoms with Crippen LogP contribution in [0.15, 0.2) is 40.9 Å². The van der Waals surface area contributed by atoms with Crippen LogP contribution >= 0.6 is 15.9 Å². The molecular weight excluding hydrogens is 326 g/mol. The number of halogens is 3. The second-order valence-electron chi connectivity index (χ2n) is 4.56. The van der Waals surface area contributed by atoms with Crippen LogP contribution in [0.1, 0.15) is 11.1 Å². The van der Waals surface area contributed by atoms with Crippen molar-refractivity contribution >= 4 is 21.6 Å². The zero-order valence-corrected chi connectivity index (χ0v) is 12.6. The summed E-state index contributed by atoms with van der Waals surface area (Å²) < 4.78 is 27.8. The van der Waals surface area contributed by atoms with Gasteiger partial charge in [0.2, 0.25) is 0 Å². The van der Waals surface area contributed by atoms with Crippen molar-refractivity contribution in [2.45, 2.75) is 13.1 Å². The first-order valence-electron chi connectivity index (χ1n) is 6.15. The van der Waals surface area contributed by atoms with Crippen molar-refractivity contribution < 1.29 is 8.78 Å². The van der Waals surface area contributed by atoms with Crippen LogP contribution in [-0.4, -0.2) is 7.05 Å². The Balaban J connectivity index is 2.25. The summed E-state index contributed by atoms with van der Waals surface area (Å²) >= 11 is 3.21. The van der Waals surface area contributed by atoms with Gasteiger partial charge in [-0.2, -0.15) is 0 Å². The summed E-state index contributed by atoms with van der Waals surface area (Å²) in [6.07, 6.45) is 0. The van der Waals surface area contributed by atoms with Gasteiger partial charge in [0.15, 0.2) is 5.82 Å². The molecule has 5 heteroatoms. The number of hydrogen-bond donors (Lipinski definition) is 1. The summed E-state index contributed by atoms with van der Waals surface area (Å²) in [5.74, 6) is -0.650. The standard InChI is InChI=1S/C15H15BrF2N2/c1-20(9-10-3-2-4-12(17)7-10)13-6-5-11(8-19)14(16)15(13)18/h2-7H,8-9,19H2,1H3. The predicted molar refractivity (Wildman–Crippen MR) is 80.5 cm³/mol. The minimum Gasteiger partial charge on any atom is -0.368 e. The molecule has 0 aromatic heterocycles. The van der Waals surface area contributed by atoms with Crippen LogP contribution in [0.3, 0.4) is 0 Å². The lowest BCUT2D eigenvalue weighted by atomic mass is 10.1. The summed E-state index contributed by atoms with van der Waals surface area (Å²) in [5, 5.41) is 0. The Morgan fingerprint density at radius 2 is 1.95 bits per heavy atom. The maximum atomic E-state index is 14.3. The Kier molecular flexibility index (Phi) is 4.73. The maximum absolute atomic E-state index is 14.3. The number of benzene rings is 2. The quantitative estimate of drug-likeness (QED) is 0.916. The third-order valence-electron chi connectivity index (χ3n) is 3.08. The first kappa shape index (κ1) is 14.9. The van der Waals surface area contributed by atoms with Crippen LogP contribution in [0.5, 0.6) is 0 Å². The van der Waals surface area contributed by atoms with Gasteiger partial charge in [0.1, 0.15) is 5.82 Å². The van der Waals surface area contributed by atoms with Crippen molar-refractivity contribution in [3.63, 3.8) is 0 Å². The average Bonchev–Trinajstić information content (AvgIpc) is 2.41. The Bertz CT molecular complexity index is 617. The molecule has 0 atom stereocenters. The number of nitrogens with two attached hydrogens (primary N) is 1. The fourth-order valence-corrected chi connectivity index (χ4v) is 2.52. The van der Waals surface area contributed by atoms with Crippen LogP contribution in [0.2, 0.25) is 0 Å². The number of hydrogen-bond acceptors (Lipinski definition) is 2. The van der Waals surface area contributed by atoms with Crippen molar-refractivity contribution in [2.24, 2.45) is 5.73 Å². The molecule has 0 aliphatic rings. The summed E-state index contributed by atoms with van der Waals surface area (Å²) in [6, 6.07) is 9.74. The smallest absolute Gasteiger partial charge is 0.160 e. The van der Waals surface area contributed by atoms with E-state index in [4.69, 9.17) is 5.73 Å². The summed E-state index contributed by atoms with van der Waals surface area (Å²) in [7, 11) is 1.76. The molecule has 0 unspecified atom stereocenters. The zero-order valence-electron chi connectivity index (χ0n) is 11.0. The largest absolute Gasteiger partial charge is 0.368 e. The SMILES string of the molecule is CN(Cc1cccc(F)c1)c1ccc(CN)c(Br)c1F. The van der Waals surface area contributed by atoms with Gasteiger partial charge in [-0.3, -0.25) is 0 Å². The highest BCUT2D eigenvalue weighted by atomic mass is 79.9. The van der Waals surface area contributed by atoms with Gasteiger partial charge in [-0.05, 0) is 45.3 Å². The van der Waals surface area contributed by atoms with E-state index in [0.717, 1.165) is 5.56 Å². The average molecular weight is 341 g/mol. The molecule has 20 heavy (non-hydrogen) atoms. The molecular formula is C15H15BrF2N2. The van der Waals surface area contributed by atoms with Gasteiger partial charge in [-0.15, -0.1) is 0 Å². The minimum absolute atomic E-state index is 0.269. The molecule has 0 bridgehead atoms. The van der Waals surface area contributed by atoms with E-state index in [2.05, 4.69) is 15.9 Å². The number of rotatable bonds is 4. The van der Waals surface area contributed by atoms with Crippen molar-refractivity contribution in [1.82, 2.24) is 0 Å². The third-order valence-corrected chi connectivity index (χ3v) is 3.94. The van der Waals surface area contributed by atoms with E-state index in [0.29, 0.717) is 22.3 Å². The van der Waals surface area contributed by atoms with E-state index >= 15 is 0 Å². The Hall–Kier alpha value is -1.46. The Morgan fingerprint density at radius 3 is 2.60 bits per heavy atom. The summed E-state index contributed by atoms with van der Waals surface area (Å²) in [5.41, 5.74) is 7.47. The molecule has 0 spiro atoms. The second kappa shape index (κ2) is 6.33. The molecule has 2 aromatic rings. The molecule has 2 aromatic carbocycles. The minimum atomic E-state index is -0.355. The highest BCUT2D eigenvalue weighted by molar-refractivity contribution is 9.10. The Labute approximate surface area is 125 Å². The van der Waals surface area contributed by atoms with Crippen molar-refractivity contribution in [1.29, 1.82) is 0 Å². The van der Waals surface area contributed by atoms with E-state index in [1.54, 1.807) is 36.2 Å². The van der Waals surface area contributed by atoms with E-state index < -0.39 is 0 Å². The van der Waals surface area contributed by atoms with Gasteiger partial charge in [0, 0.05) is 20.1 Å². The van der Waals surface area contributed by atoms with Crippen molar-refractivity contribution in [3.05, 3.63) is 63.6 Å². The molecule has 2 rings (SSSR count). The molecule has 2 N–H and O–H groups in total. The highest BCUT2D eigenvalue weighted by Gasteiger charge is 2.14. The van der Waals surface area contributed by atoms with Crippen molar-refractivity contribution in [3.8, 4) is 0 Å². The topological polar surface area (TPSA) is 29.3 Å². The molecule has 106 valence electrons. The van der Waals surface area contributed by atoms with Gasteiger partial charge in [-0.1, -0.05) is 18.2 Å². The van der Waals surface area contributed by atoms with Crippen LogP contribution in [0.25, 0.3) is 0 Å². The van der Waals surface area contributed by atoms with Gasteiger partial charge >= 0.3 is 0 Å². The van der Waals surface area contributed by atoms with Gasteiger partial charge in [0.05, 0.1) is 10.2 Å². The molecule has 0 aliphatic heterocycles. The van der Waals surface area contributed by atoms with E-state index in [1.165, 1.54) is 12.1 Å². The van der Waals surface area contributed by atoms with E-state index in [1.807, 2.05) is 0 Å². The monoisotopic (exact) mass is 340 g/mol. The number of anilines is 1. The first-order chi connectivity index (χ1) is 9.52. The third kappa shape index (κ3) is 3.16. The fraction of sp³-hybridized carbons (Fsp3) is 0.200. The van der Waals surface area contributed by atoms with Gasteiger partial charge in [0.25, 0.3) is 0 Å². The maximum Gasteiger partial charge on any atom is 0.160 e. The number of nitrogens with zero attached hydrogens (tertiary/aromatic N) is 1. The zero-order chi connectivity index (χ0) is 14.7. The lowest BCUT2D eigenvalue weighted by Gasteiger charge is -2.21. The molecule has 0 radical (unpaired) electrons. The van der Waals surface area contributed by atoms with Crippen LogP contribution in [-0.2, 0) is 13.1 Å². The lowest BCUT2D eigenvalue weighted by molar-refractivity contribution is 0.611. The summed E-state index contributed by atoms with van der Waals surface area (Å²) in [4.78, 5) is 1.73. The van der Waals surface area contributed by atoms with E-state index in [-0.39, 0.29) is 18.2 Å². The molecule has 0 saturated heterocycles. The normalized spacial score (nSPS) is 10.7. The predicted octanol–water partition coefficient (Wildman–Crippen LogP) is 3.82. The molecule has 0 saturated carbocycles. The van der Waals surface area contributed by atoms with Gasteiger partial charge in [-0.25, -0.2) is 8.78 Å². The molecule has 0 amide bonds. The van der Waals surface area contributed by atoms with Crippen LogP contribution in [0, 0.1) is 11.6 Å². The fourth-order valence-electron chi connectivity index (χ4n) is 2.03. The molecule has 0 fully saturated rings. The summed E-state index contributed by atoms with van der Waals surface area (Å²) in [6.45, 7) is 0.689. The van der Waals surface area contributed by atoms with Crippen molar-refractivity contribution in [2.75, 3.05) is 11.9 Å². The van der Waals surface area contributed by atoms with Gasteiger partial charge < -0.3 is 10.6 Å². The Morgan fingerprint density at radius 1 is 1.20 bits per heavy atom. The highest BCUT2D eigenvalue weighted by Crippen LogP contribution is 2.29.